The fourth-order valence-electron chi connectivity index (χ4n) is 1.49. The van der Waals surface area contributed by atoms with Gasteiger partial charge in [0.25, 0.3) is 0 Å². The number of carboxylic acid groups (broad SMARTS) is 1. The first-order valence-corrected chi connectivity index (χ1v) is 7.32. The number of ether oxygens (including phenoxy) is 2. The van der Waals surface area contributed by atoms with Crippen molar-refractivity contribution in [3.63, 3.8) is 0 Å². The van der Waals surface area contributed by atoms with Crippen LogP contribution in [0.5, 0.6) is 0 Å². The van der Waals surface area contributed by atoms with Gasteiger partial charge in [-0.2, -0.15) is 0 Å². The van der Waals surface area contributed by atoms with E-state index in [-0.39, 0.29) is 19.4 Å². The van der Waals surface area contributed by atoms with Gasteiger partial charge in [-0.1, -0.05) is 0 Å². The molecule has 24 heavy (non-hydrogen) atoms. The summed E-state index contributed by atoms with van der Waals surface area (Å²) in [5.74, 6) is -3.14. The van der Waals surface area contributed by atoms with E-state index in [4.69, 9.17) is 9.84 Å². The number of carboxylic acids is 1. The largest absolute Gasteiger partial charge is 0.480 e. The van der Waals surface area contributed by atoms with E-state index < -0.39 is 41.8 Å². The van der Waals surface area contributed by atoms with Crippen molar-refractivity contribution in [2.75, 3.05) is 6.61 Å². The molecule has 0 saturated carbocycles. The lowest BCUT2D eigenvalue weighted by molar-refractivity contribution is -0.157. The number of rotatable bonds is 8. The molecule has 138 valence electrons. The highest BCUT2D eigenvalue weighted by Gasteiger charge is 2.25. The highest BCUT2D eigenvalue weighted by Crippen LogP contribution is 2.08. The number of nitrogens with one attached hydrogen (secondary N) is 2. The average Bonchev–Trinajstić information content (AvgIpc) is 2.41. The third-order valence-corrected chi connectivity index (χ3v) is 2.46. The molecule has 0 fully saturated rings. The van der Waals surface area contributed by atoms with Crippen LogP contribution < -0.4 is 10.6 Å². The smallest absolute Gasteiger partial charge is 0.408 e. The lowest BCUT2D eigenvalue weighted by Gasteiger charge is -2.22. The van der Waals surface area contributed by atoms with Crippen LogP contribution in [0, 0.1) is 0 Å². The Balaban J connectivity index is 4.44. The molecule has 10 nitrogen and oxygen atoms in total. The first-order valence-electron chi connectivity index (χ1n) is 7.32. The fraction of sp³-hybridized carbons (Fsp3) is 0.714. The van der Waals surface area contributed by atoms with Crippen molar-refractivity contribution in [3.8, 4) is 0 Å². The van der Waals surface area contributed by atoms with Crippen molar-refractivity contribution in [1.82, 2.24) is 10.6 Å². The molecule has 0 spiro atoms. The minimum Gasteiger partial charge on any atom is -0.480 e. The Kier molecular flexibility index (Phi) is 8.75. The Labute approximate surface area is 139 Å². The van der Waals surface area contributed by atoms with Crippen molar-refractivity contribution >= 4 is 23.9 Å². The van der Waals surface area contributed by atoms with E-state index in [2.05, 4.69) is 10.1 Å². The second kappa shape index (κ2) is 9.71. The lowest BCUT2D eigenvalue weighted by atomic mass is 10.1. The van der Waals surface area contributed by atoms with Gasteiger partial charge in [0, 0.05) is 6.42 Å². The highest BCUT2D eigenvalue weighted by molar-refractivity contribution is 5.84. The van der Waals surface area contributed by atoms with Gasteiger partial charge in [-0.25, -0.2) is 14.4 Å². The molecule has 0 aromatic carbocycles. The number of alkyl carbamates (subject to hydrolysis) is 1. The maximum atomic E-state index is 11.6. The summed E-state index contributed by atoms with van der Waals surface area (Å²) < 4.78 is 9.43. The van der Waals surface area contributed by atoms with Crippen LogP contribution in [0.1, 0.15) is 40.5 Å². The van der Waals surface area contributed by atoms with Gasteiger partial charge in [-0.3, -0.25) is 4.79 Å². The summed E-state index contributed by atoms with van der Waals surface area (Å²) in [5, 5.41) is 22.5. The van der Waals surface area contributed by atoms with E-state index in [9.17, 15) is 24.3 Å². The van der Waals surface area contributed by atoms with Crippen LogP contribution in [0.15, 0.2) is 0 Å². The Morgan fingerprint density at radius 2 is 1.71 bits per heavy atom. The molecular formula is C14H24N2O8. The zero-order chi connectivity index (χ0) is 18.9. The van der Waals surface area contributed by atoms with Crippen LogP contribution >= 0.6 is 0 Å². The number of hydrogen-bond acceptors (Lipinski definition) is 7. The standard InChI is InChI=1S/C14H24N2O8/c1-5-23-12(21)10(18)16-9(17)7-6-8(11(19)20)15-13(22)24-14(2,3)4/h8,10,18H,5-7H2,1-4H3,(H,15,22)(H,16,17)(H,19,20)/t8-,10-/m0/s1. The Morgan fingerprint density at radius 1 is 1.12 bits per heavy atom. The summed E-state index contributed by atoms with van der Waals surface area (Å²) in [6, 6.07) is -1.36. The zero-order valence-electron chi connectivity index (χ0n) is 14.1. The van der Waals surface area contributed by atoms with Crippen molar-refractivity contribution in [2.45, 2.75) is 58.4 Å². The average molecular weight is 348 g/mol. The number of carbonyl (C=O) groups is 4. The minimum atomic E-state index is -1.83. The molecule has 2 atom stereocenters. The Morgan fingerprint density at radius 3 is 2.17 bits per heavy atom. The predicted molar refractivity (Wildman–Crippen MR) is 80.8 cm³/mol. The molecular weight excluding hydrogens is 324 g/mol. The van der Waals surface area contributed by atoms with Crippen LogP contribution in [-0.2, 0) is 23.9 Å². The second-order valence-corrected chi connectivity index (χ2v) is 5.80. The number of aliphatic carboxylic acids is 1. The van der Waals surface area contributed by atoms with Gasteiger partial charge < -0.3 is 30.3 Å². The van der Waals surface area contributed by atoms with E-state index in [1.54, 1.807) is 20.8 Å². The van der Waals surface area contributed by atoms with Gasteiger partial charge in [0.2, 0.25) is 12.1 Å². The molecule has 0 aliphatic carbocycles. The zero-order valence-corrected chi connectivity index (χ0v) is 14.1. The predicted octanol–water partition coefficient (Wildman–Crippen LogP) is -0.258. The first kappa shape index (κ1) is 21.6. The van der Waals surface area contributed by atoms with Gasteiger partial charge in [-0.05, 0) is 34.1 Å². The number of esters is 1. The summed E-state index contributed by atoms with van der Waals surface area (Å²) in [7, 11) is 0. The van der Waals surface area contributed by atoms with Gasteiger partial charge in [0.15, 0.2) is 0 Å². The number of hydrogen-bond donors (Lipinski definition) is 4. The molecule has 0 heterocycles. The van der Waals surface area contributed by atoms with Crippen molar-refractivity contribution < 1.29 is 38.9 Å². The summed E-state index contributed by atoms with van der Waals surface area (Å²) in [6.45, 7) is 6.42. The number of amides is 2. The molecule has 4 N–H and O–H groups in total. The third-order valence-electron chi connectivity index (χ3n) is 2.46. The fourth-order valence-corrected chi connectivity index (χ4v) is 1.49. The van der Waals surface area contributed by atoms with Crippen LogP contribution in [0.2, 0.25) is 0 Å². The minimum absolute atomic E-state index is 0.0344. The van der Waals surface area contributed by atoms with Crippen LogP contribution in [0.25, 0.3) is 0 Å². The SMILES string of the molecule is CCOC(=O)[C@H](O)NC(=O)CC[C@H](NC(=O)OC(C)(C)C)C(=O)O. The molecule has 0 unspecified atom stereocenters. The van der Waals surface area contributed by atoms with Gasteiger partial charge in [0.1, 0.15) is 11.6 Å². The molecule has 0 aliphatic heterocycles. The van der Waals surface area contributed by atoms with E-state index in [0.717, 1.165) is 0 Å². The normalized spacial score (nSPS) is 13.4. The van der Waals surface area contributed by atoms with E-state index in [1.807, 2.05) is 5.32 Å². The second-order valence-electron chi connectivity index (χ2n) is 5.80. The summed E-state index contributed by atoms with van der Waals surface area (Å²) in [4.78, 5) is 45.4. The Bertz CT molecular complexity index is 472. The lowest BCUT2D eigenvalue weighted by Crippen LogP contribution is -2.45. The maximum Gasteiger partial charge on any atom is 0.408 e. The van der Waals surface area contributed by atoms with Crippen LogP contribution in [-0.4, -0.2) is 58.6 Å². The van der Waals surface area contributed by atoms with Crippen molar-refractivity contribution in [1.29, 1.82) is 0 Å². The summed E-state index contributed by atoms with van der Waals surface area (Å²) >= 11 is 0. The topological polar surface area (TPSA) is 151 Å². The van der Waals surface area contributed by atoms with Crippen molar-refractivity contribution in [3.05, 3.63) is 0 Å². The molecule has 0 bridgehead atoms. The Hall–Kier alpha value is -2.36. The van der Waals surface area contributed by atoms with E-state index in [1.165, 1.54) is 6.92 Å². The van der Waals surface area contributed by atoms with E-state index >= 15 is 0 Å². The number of aliphatic hydroxyl groups excluding tert-OH is 1. The van der Waals surface area contributed by atoms with Crippen LogP contribution in [0.3, 0.4) is 0 Å². The quantitative estimate of drug-likeness (QED) is 0.346. The van der Waals surface area contributed by atoms with Gasteiger partial charge in [-0.15, -0.1) is 0 Å². The monoisotopic (exact) mass is 348 g/mol. The number of carbonyl (C=O) groups excluding carboxylic acids is 3. The summed E-state index contributed by atoms with van der Waals surface area (Å²) in [6.07, 6.45) is -3.36. The highest BCUT2D eigenvalue weighted by atomic mass is 16.6. The maximum absolute atomic E-state index is 11.6. The molecule has 10 heteroatoms. The van der Waals surface area contributed by atoms with Gasteiger partial charge in [0.05, 0.1) is 6.61 Å². The molecule has 0 rings (SSSR count). The van der Waals surface area contributed by atoms with Gasteiger partial charge >= 0.3 is 18.0 Å². The third kappa shape index (κ3) is 9.62. The van der Waals surface area contributed by atoms with Crippen molar-refractivity contribution in [2.24, 2.45) is 0 Å². The van der Waals surface area contributed by atoms with Crippen LogP contribution in [0.4, 0.5) is 4.79 Å². The number of aliphatic hydroxyl groups is 1. The molecule has 0 aliphatic rings. The molecule has 0 aromatic rings. The molecule has 0 saturated heterocycles. The molecule has 0 radical (unpaired) electrons. The first-order chi connectivity index (χ1) is 11.0. The van der Waals surface area contributed by atoms with E-state index in [0.29, 0.717) is 0 Å². The molecule has 2 amide bonds. The summed E-state index contributed by atoms with van der Waals surface area (Å²) in [5.41, 5.74) is -0.797. The molecule has 0 aromatic heterocycles.